The van der Waals surface area contributed by atoms with E-state index < -0.39 is 8.07 Å². The minimum atomic E-state index is -1.36. The molecule has 18 heavy (non-hydrogen) atoms. The Bertz CT molecular complexity index is 334. The molecule has 1 aliphatic heterocycles. The van der Waals surface area contributed by atoms with E-state index in [1.807, 2.05) is 0 Å². The third-order valence-corrected chi connectivity index (χ3v) is 6.00. The quantitative estimate of drug-likeness (QED) is 0.549. The van der Waals surface area contributed by atoms with Gasteiger partial charge in [-0.1, -0.05) is 63.0 Å². The molecule has 0 saturated carbocycles. The fourth-order valence-corrected chi connectivity index (χ4v) is 5.53. The molecule has 1 aliphatic rings. The van der Waals surface area contributed by atoms with Crippen LogP contribution in [0.2, 0.25) is 6.55 Å². The molecule has 3 heteroatoms. The first-order valence-corrected chi connectivity index (χ1v) is 9.89. The molecule has 1 unspecified atom stereocenters. The Kier molecular flexibility index (Phi) is 6.73. The summed E-state index contributed by atoms with van der Waals surface area (Å²) in [5.74, 6) is 0. The third-order valence-electron chi connectivity index (χ3n) is 3.53. The van der Waals surface area contributed by atoms with Crippen molar-refractivity contribution in [1.29, 1.82) is 0 Å². The smallest absolute Gasteiger partial charge is 0.340 e. The van der Waals surface area contributed by atoms with E-state index >= 15 is 0 Å². The van der Waals surface area contributed by atoms with Crippen LogP contribution < -0.4 is 18.9 Å². The van der Waals surface area contributed by atoms with Crippen LogP contribution in [0.1, 0.15) is 24.8 Å². The van der Waals surface area contributed by atoms with Gasteiger partial charge in [0.25, 0.3) is 0 Å². The number of rotatable bonds is 4. The van der Waals surface area contributed by atoms with Crippen molar-refractivity contribution < 1.29 is 18.9 Å². The number of benzene rings is 1. The maximum absolute atomic E-state index is 4.56. The summed E-state index contributed by atoms with van der Waals surface area (Å²) >= 11 is 0. The molecule has 2 rings (SSSR count). The summed E-state index contributed by atoms with van der Waals surface area (Å²) in [5, 5.41) is 0. The molecular weight excluding hydrogens is 229 g/mol. The van der Waals surface area contributed by atoms with Gasteiger partial charge in [0.15, 0.2) is 0 Å². The van der Waals surface area contributed by atoms with Crippen molar-refractivity contribution in [2.45, 2.75) is 31.9 Å². The first-order chi connectivity index (χ1) is 8.16. The Balaban J connectivity index is 0.00000162. The van der Waals surface area contributed by atoms with Crippen molar-refractivity contribution in [3.05, 3.63) is 42.4 Å². The van der Waals surface area contributed by atoms with Gasteiger partial charge in [0.05, 0.1) is 0 Å². The average molecular weight is 253 g/mol. The summed E-state index contributed by atoms with van der Waals surface area (Å²) in [7, 11) is -1.36. The van der Waals surface area contributed by atoms with Crippen LogP contribution in [0.15, 0.2) is 30.3 Å². The molecule has 1 aromatic rings. The second kappa shape index (κ2) is 7.55. The molecule has 0 N–H and O–H groups in total. The molecule has 1 atom stereocenters. The molecule has 1 fully saturated rings. The van der Waals surface area contributed by atoms with Crippen LogP contribution in [-0.2, 0) is 6.04 Å². The van der Waals surface area contributed by atoms with Crippen molar-refractivity contribution in [2.75, 3.05) is 19.3 Å². The van der Waals surface area contributed by atoms with Crippen molar-refractivity contribution in [1.82, 2.24) is 4.90 Å². The minimum absolute atomic E-state index is 0. The van der Waals surface area contributed by atoms with E-state index in [2.05, 4.69) is 48.3 Å². The Morgan fingerprint density at radius 1 is 1.11 bits per heavy atom. The Labute approximate surface area is 125 Å². The van der Waals surface area contributed by atoms with Crippen molar-refractivity contribution in [2.24, 2.45) is 0 Å². The molecule has 1 saturated heterocycles. The van der Waals surface area contributed by atoms with Crippen LogP contribution in [0.3, 0.4) is 0 Å². The molecule has 1 nitrogen and oxygen atoms in total. The van der Waals surface area contributed by atoms with Crippen LogP contribution in [0.4, 0.5) is 0 Å². The van der Waals surface area contributed by atoms with Gasteiger partial charge in [0.1, 0.15) is 0 Å². The van der Waals surface area contributed by atoms with E-state index in [0.717, 1.165) is 0 Å². The minimum Gasteiger partial charge on any atom is -0.340 e. The molecular formula is C15H24LiNSi. The van der Waals surface area contributed by atoms with E-state index in [0.29, 0.717) is 0 Å². The first kappa shape index (κ1) is 16.0. The molecule has 94 valence electrons. The van der Waals surface area contributed by atoms with Gasteiger partial charge in [-0.2, -0.15) is 0 Å². The van der Waals surface area contributed by atoms with Gasteiger partial charge in [-0.3, -0.25) is 0 Å². The fourth-order valence-electron chi connectivity index (χ4n) is 2.80. The van der Waals surface area contributed by atoms with E-state index in [4.69, 9.17) is 0 Å². The van der Waals surface area contributed by atoms with Crippen molar-refractivity contribution >= 4 is 8.07 Å². The molecule has 1 heterocycles. The van der Waals surface area contributed by atoms with E-state index in [1.165, 1.54) is 50.1 Å². The first-order valence-electron chi connectivity index (χ1n) is 6.77. The van der Waals surface area contributed by atoms with Crippen LogP contribution >= 0.6 is 0 Å². The SMILES string of the molecule is [CH2-][Si](C)(Cc1ccccc1)CN1CCCCC1.[Li+]. The Morgan fingerprint density at radius 3 is 2.33 bits per heavy atom. The Hall–Kier alpha value is -0.00571. The van der Waals surface area contributed by atoms with Gasteiger partial charge < -0.3 is 11.4 Å². The number of hydrogen-bond donors (Lipinski definition) is 0. The van der Waals surface area contributed by atoms with E-state index in [1.54, 1.807) is 0 Å². The summed E-state index contributed by atoms with van der Waals surface area (Å²) in [6, 6.07) is 12.1. The van der Waals surface area contributed by atoms with Gasteiger partial charge in [0, 0.05) is 0 Å². The van der Waals surface area contributed by atoms with Gasteiger partial charge in [-0.05, 0) is 32.1 Å². The van der Waals surface area contributed by atoms with Gasteiger partial charge in [-0.15, -0.1) is 0 Å². The van der Waals surface area contributed by atoms with Gasteiger partial charge in [-0.25, -0.2) is 0 Å². The van der Waals surface area contributed by atoms with Crippen molar-refractivity contribution in [3.8, 4) is 0 Å². The topological polar surface area (TPSA) is 3.24 Å². The van der Waals surface area contributed by atoms with Gasteiger partial charge in [0.2, 0.25) is 0 Å². The van der Waals surface area contributed by atoms with Crippen LogP contribution in [0.5, 0.6) is 0 Å². The van der Waals surface area contributed by atoms with E-state index in [9.17, 15) is 0 Å². The fraction of sp³-hybridized carbons (Fsp3) is 0.533. The molecule has 0 spiro atoms. The Morgan fingerprint density at radius 2 is 1.72 bits per heavy atom. The number of hydrogen-bond acceptors (Lipinski definition) is 1. The number of nitrogens with zero attached hydrogens (tertiary/aromatic N) is 1. The molecule has 0 aromatic heterocycles. The summed E-state index contributed by atoms with van der Waals surface area (Å²) < 4.78 is 0. The number of likely N-dealkylation sites (tertiary alicyclic amines) is 1. The van der Waals surface area contributed by atoms with Crippen molar-refractivity contribution in [3.63, 3.8) is 0 Å². The third kappa shape index (κ3) is 5.32. The zero-order valence-electron chi connectivity index (χ0n) is 12.0. The van der Waals surface area contributed by atoms with Gasteiger partial charge >= 0.3 is 18.9 Å². The average Bonchev–Trinajstić information content (AvgIpc) is 2.30. The summed E-state index contributed by atoms with van der Waals surface area (Å²) in [5.41, 5.74) is 1.47. The van der Waals surface area contributed by atoms with E-state index in [-0.39, 0.29) is 18.9 Å². The summed E-state index contributed by atoms with van der Waals surface area (Å²) in [6.45, 7) is 9.58. The molecule has 1 aromatic carbocycles. The standard InChI is InChI=1S/C15H24NSi.Li/c1-17(2,13-15-9-5-3-6-10-15)14-16-11-7-4-8-12-16;/h3,5-6,9-10H,1,4,7-8,11-14H2,2H3;/q-1;+1. The second-order valence-electron chi connectivity index (χ2n) is 5.81. The molecule has 0 radical (unpaired) electrons. The monoisotopic (exact) mass is 253 g/mol. The second-order valence-corrected chi connectivity index (χ2v) is 10.1. The largest absolute Gasteiger partial charge is 1.00 e. The van der Waals surface area contributed by atoms with Crippen LogP contribution in [-0.4, -0.2) is 32.2 Å². The maximum Gasteiger partial charge on any atom is 1.00 e. The zero-order chi connectivity index (χ0) is 12.1. The zero-order valence-corrected chi connectivity index (χ0v) is 13.0. The summed E-state index contributed by atoms with van der Waals surface area (Å²) in [6.07, 6.45) is 5.46. The predicted octanol–water partition coefficient (Wildman–Crippen LogP) is 0.249. The molecule has 0 aliphatic carbocycles. The molecule has 0 bridgehead atoms. The number of piperidine rings is 1. The van der Waals surface area contributed by atoms with Crippen LogP contribution in [0.25, 0.3) is 0 Å². The predicted molar refractivity (Wildman–Crippen MR) is 77.4 cm³/mol. The maximum atomic E-state index is 4.56. The summed E-state index contributed by atoms with van der Waals surface area (Å²) in [4.78, 5) is 2.64. The molecule has 0 amide bonds. The normalized spacial score (nSPS) is 19.9. The van der Waals surface area contributed by atoms with Crippen LogP contribution in [0, 0.1) is 6.55 Å².